The number of aromatic nitrogens is 6. The Morgan fingerprint density at radius 2 is 1.91 bits per heavy atom. The third kappa shape index (κ3) is 4.07. The molecule has 10 heteroatoms. The number of amides is 2. The van der Waals surface area contributed by atoms with Crippen LogP contribution in [0.25, 0.3) is 11.3 Å². The second-order valence-electron chi connectivity index (χ2n) is 7.63. The van der Waals surface area contributed by atoms with Crippen molar-refractivity contribution in [3.63, 3.8) is 0 Å². The predicted molar refractivity (Wildman–Crippen MR) is 117 cm³/mol. The number of nitrogens with two attached hydrogens (primary N) is 1. The Bertz CT molecular complexity index is 1280. The van der Waals surface area contributed by atoms with Crippen molar-refractivity contribution >= 4 is 17.5 Å². The third-order valence-corrected chi connectivity index (χ3v) is 5.54. The summed E-state index contributed by atoms with van der Waals surface area (Å²) in [5.41, 5.74) is 10.4. The number of hydrogen-bond acceptors (Lipinski definition) is 6. The van der Waals surface area contributed by atoms with Crippen LogP contribution in [0, 0.1) is 13.8 Å². The van der Waals surface area contributed by atoms with Gasteiger partial charge in [0.2, 0.25) is 5.91 Å². The molecule has 0 aliphatic heterocycles. The molecule has 1 atom stereocenters. The molecule has 4 aromatic rings. The third-order valence-electron chi connectivity index (χ3n) is 5.54. The molecule has 0 bridgehead atoms. The summed E-state index contributed by atoms with van der Waals surface area (Å²) in [4.78, 5) is 36.6. The van der Waals surface area contributed by atoms with Crippen LogP contribution in [-0.4, -0.2) is 40.9 Å². The number of rotatable bonds is 7. The number of benzene rings is 1. The Kier molecular flexibility index (Phi) is 5.67. The lowest BCUT2D eigenvalue weighted by atomic mass is 10.0. The number of primary amides is 1. The fraction of sp³-hybridized carbons (Fsp3) is 0.273. The van der Waals surface area contributed by atoms with Gasteiger partial charge in [-0.2, -0.15) is 5.10 Å². The van der Waals surface area contributed by atoms with Gasteiger partial charge in [-0.3, -0.25) is 14.0 Å². The molecule has 0 spiro atoms. The predicted octanol–water partition coefficient (Wildman–Crippen LogP) is 1.84. The Morgan fingerprint density at radius 3 is 2.56 bits per heavy atom. The van der Waals surface area contributed by atoms with Crippen LogP contribution in [0.1, 0.15) is 52.4 Å². The summed E-state index contributed by atoms with van der Waals surface area (Å²) in [6.07, 6.45) is 5.49. The molecule has 164 valence electrons. The number of nitrogens with one attached hydrogen (secondary N) is 1. The molecule has 3 aromatic heterocycles. The fourth-order valence-corrected chi connectivity index (χ4v) is 3.76. The number of aryl methyl sites for hydroxylation is 2. The van der Waals surface area contributed by atoms with Crippen molar-refractivity contribution in [3.05, 3.63) is 71.5 Å². The highest BCUT2D eigenvalue weighted by Gasteiger charge is 2.18. The standard InChI is InChI=1S/C22H24N8O2/c1-13(16-4-6-17(7-5-16)30-11-24-10-26-30)27-19(31)9-8-18-14(2)28-22-20(21(23)32)25-12-29(22)15(18)3/h4-7,10-13H,8-9H2,1-3H3,(H2,23,32)(H,27,31). The van der Waals surface area contributed by atoms with E-state index < -0.39 is 5.91 Å². The van der Waals surface area contributed by atoms with E-state index in [1.165, 1.54) is 12.7 Å². The lowest BCUT2D eigenvalue weighted by Crippen LogP contribution is -2.27. The topological polar surface area (TPSA) is 133 Å². The number of hydrogen-bond donors (Lipinski definition) is 2. The highest BCUT2D eigenvalue weighted by atomic mass is 16.2. The van der Waals surface area contributed by atoms with E-state index in [1.54, 1.807) is 15.4 Å². The van der Waals surface area contributed by atoms with Crippen LogP contribution in [-0.2, 0) is 11.2 Å². The molecular formula is C22H24N8O2. The zero-order chi connectivity index (χ0) is 22.8. The summed E-state index contributed by atoms with van der Waals surface area (Å²) in [5.74, 6) is -0.672. The smallest absolute Gasteiger partial charge is 0.271 e. The van der Waals surface area contributed by atoms with Crippen LogP contribution < -0.4 is 11.1 Å². The minimum Gasteiger partial charge on any atom is -0.364 e. The second kappa shape index (κ2) is 8.58. The molecule has 1 unspecified atom stereocenters. The van der Waals surface area contributed by atoms with E-state index in [1.807, 2.05) is 45.0 Å². The van der Waals surface area contributed by atoms with Gasteiger partial charge in [-0.05, 0) is 50.5 Å². The van der Waals surface area contributed by atoms with Crippen molar-refractivity contribution in [2.45, 2.75) is 39.7 Å². The van der Waals surface area contributed by atoms with Crippen LogP contribution in [0.4, 0.5) is 0 Å². The summed E-state index contributed by atoms with van der Waals surface area (Å²) in [6, 6.07) is 7.66. The van der Waals surface area contributed by atoms with Gasteiger partial charge in [0, 0.05) is 17.8 Å². The van der Waals surface area contributed by atoms with Crippen molar-refractivity contribution in [2.24, 2.45) is 5.73 Å². The van der Waals surface area contributed by atoms with Crippen molar-refractivity contribution in [3.8, 4) is 5.69 Å². The van der Waals surface area contributed by atoms with E-state index >= 15 is 0 Å². The second-order valence-corrected chi connectivity index (χ2v) is 7.63. The van der Waals surface area contributed by atoms with Gasteiger partial charge in [-0.25, -0.2) is 19.6 Å². The quantitative estimate of drug-likeness (QED) is 0.458. The van der Waals surface area contributed by atoms with E-state index in [0.717, 1.165) is 28.2 Å². The number of imidazole rings is 1. The first-order chi connectivity index (χ1) is 15.3. The van der Waals surface area contributed by atoms with Crippen LogP contribution in [0.3, 0.4) is 0 Å². The minimum atomic E-state index is -0.616. The molecule has 0 aliphatic rings. The molecule has 0 aliphatic carbocycles. The van der Waals surface area contributed by atoms with Gasteiger partial charge in [-0.1, -0.05) is 12.1 Å². The zero-order valence-electron chi connectivity index (χ0n) is 18.1. The Balaban J connectivity index is 1.41. The summed E-state index contributed by atoms with van der Waals surface area (Å²) < 4.78 is 3.41. The summed E-state index contributed by atoms with van der Waals surface area (Å²) >= 11 is 0. The van der Waals surface area contributed by atoms with Gasteiger partial charge in [0.1, 0.15) is 19.0 Å². The van der Waals surface area contributed by atoms with Crippen LogP contribution in [0.2, 0.25) is 0 Å². The number of fused-ring (bicyclic) bond motifs is 1. The van der Waals surface area contributed by atoms with Gasteiger partial charge in [0.05, 0.1) is 11.7 Å². The zero-order valence-corrected chi connectivity index (χ0v) is 18.1. The molecule has 0 radical (unpaired) electrons. The molecular weight excluding hydrogens is 408 g/mol. The van der Waals surface area contributed by atoms with E-state index in [2.05, 4.69) is 25.4 Å². The molecule has 0 saturated carbocycles. The minimum absolute atomic E-state index is 0.0554. The lowest BCUT2D eigenvalue weighted by molar-refractivity contribution is -0.121. The molecule has 1 aromatic carbocycles. The normalized spacial score (nSPS) is 12.1. The van der Waals surface area contributed by atoms with Gasteiger partial charge >= 0.3 is 0 Å². The Labute approximate surface area is 184 Å². The average Bonchev–Trinajstić information content (AvgIpc) is 3.44. The highest BCUT2D eigenvalue weighted by Crippen LogP contribution is 2.19. The van der Waals surface area contributed by atoms with Crippen molar-refractivity contribution in [1.29, 1.82) is 0 Å². The Hall–Kier alpha value is -4.08. The number of nitrogens with zero attached hydrogens (tertiary/aromatic N) is 6. The van der Waals surface area contributed by atoms with E-state index in [4.69, 9.17) is 5.73 Å². The van der Waals surface area contributed by atoms with E-state index in [0.29, 0.717) is 18.5 Å². The van der Waals surface area contributed by atoms with Gasteiger partial charge < -0.3 is 11.1 Å². The van der Waals surface area contributed by atoms with Gasteiger partial charge in [0.25, 0.3) is 5.91 Å². The first-order valence-electron chi connectivity index (χ1n) is 10.2. The van der Waals surface area contributed by atoms with Crippen LogP contribution in [0.15, 0.2) is 43.2 Å². The van der Waals surface area contributed by atoms with Crippen molar-refractivity contribution < 1.29 is 9.59 Å². The first-order valence-corrected chi connectivity index (χ1v) is 10.2. The monoisotopic (exact) mass is 432 g/mol. The molecule has 32 heavy (non-hydrogen) atoms. The molecule has 0 saturated heterocycles. The molecule has 0 fully saturated rings. The first kappa shape index (κ1) is 21.2. The molecule has 3 N–H and O–H groups in total. The van der Waals surface area contributed by atoms with Crippen molar-refractivity contribution in [1.82, 2.24) is 34.4 Å². The lowest BCUT2D eigenvalue weighted by Gasteiger charge is -2.16. The number of carbonyl (C=O) groups excluding carboxylic acids is 2. The van der Waals surface area contributed by atoms with Crippen molar-refractivity contribution in [2.75, 3.05) is 0 Å². The largest absolute Gasteiger partial charge is 0.364 e. The van der Waals surface area contributed by atoms with Gasteiger partial charge in [-0.15, -0.1) is 0 Å². The Morgan fingerprint density at radius 1 is 1.16 bits per heavy atom. The molecule has 3 heterocycles. The van der Waals surface area contributed by atoms with E-state index in [-0.39, 0.29) is 17.6 Å². The molecule has 2 amide bonds. The SMILES string of the molecule is Cc1nc2c(C(N)=O)ncn2c(C)c1CCC(=O)NC(C)c1ccc(-n2cncn2)cc1. The molecule has 4 rings (SSSR count). The van der Waals surface area contributed by atoms with Crippen LogP contribution >= 0.6 is 0 Å². The maximum Gasteiger partial charge on any atom is 0.271 e. The van der Waals surface area contributed by atoms with E-state index in [9.17, 15) is 9.59 Å². The fourth-order valence-electron chi connectivity index (χ4n) is 3.76. The summed E-state index contributed by atoms with van der Waals surface area (Å²) in [5, 5.41) is 7.15. The maximum atomic E-state index is 12.6. The number of carbonyl (C=O) groups is 2. The average molecular weight is 432 g/mol. The highest BCUT2D eigenvalue weighted by molar-refractivity contribution is 5.96. The van der Waals surface area contributed by atoms with Crippen LogP contribution in [0.5, 0.6) is 0 Å². The summed E-state index contributed by atoms with van der Waals surface area (Å²) in [7, 11) is 0. The molecule has 10 nitrogen and oxygen atoms in total. The summed E-state index contributed by atoms with van der Waals surface area (Å²) in [6.45, 7) is 5.72. The van der Waals surface area contributed by atoms with Gasteiger partial charge in [0.15, 0.2) is 11.3 Å². The maximum absolute atomic E-state index is 12.6.